The summed E-state index contributed by atoms with van der Waals surface area (Å²) >= 11 is 0. The molecule has 4 aromatic rings. The number of H-pyrrole nitrogens is 2. The van der Waals surface area contributed by atoms with Crippen LogP contribution < -0.4 is 10.2 Å². The van der Waals surface area contributed by atoms with E-state index in [0.717, 1.165) is 21.8 Å². The van der Waals surface area contributed by atoms with Crippen LogP contribution in [0.25, 0.3) is 21.8 Å². The molecule has 2 aromatic carbocycles. The number of carbonyl (C=O) groups is 2. The molecular weight excluding hydrogens is 374 g/mol. The van der Waals surface area contributed by atoms with Gasteiger partial charge in [-0.25, -0.2) is 0 Å². The van der Waals surface area contributed by atoms with Crippen LogP contribution in [0.4, 0.5) is 0 Å². The number of carboxylic acid groups (broad SMARTS) is 2. The molecule has 6 nitrogen and oxygen atoms in total. The maximum absolute atomic E-state index is 10.4. The second-order valence-corrected chi connectivity index (χ2v) is 5.12. The summed E-state index contributed by atoms with van der Waals surface area (Å²) in [6.07, 6.45) is 0. The zero-order valence-electron chi connectivity index (χ0n) is 13.1. The molecule has 0 saturated carbocycles. The molecule has 7 heteroatoms. The normalized spacial score (nSPS) is 9.92. The first-order chi connectivity index (χ1) is 11.5. The Morgan fingerprint density at radius 3 is 1.36 bits per heavy atom. The fraction of sp³-hybridized carbons (Fsp3) is 0. The van der Waals surface area contributed by atoms with E-state index in [-0.39, 0.29) is 30.9 Å². The average molecular weight is 386 g/mol. The van der Waals surface area contributed by atoms with Gasteiger partial charge in [-0.1, -0.05) is 36.4 Å². The molecule has 0 spiro atoms. The number of hydrogen-bond donors (Lipinski definition) is 2. The number of carbonyl (C=O) groups excluding carboxylic acids is 2. The third-order valence-corrected chi connectivity index (χ3v) is 3.50. The molecule has 0 saturated heterocycles. The van der Waals surface area contributed by atoms with E-state index >= 15 is 0 Å². The Hall–Kier alpha value is -2.92. The number of aromatic amines is 2. The van der Waals surface area contributed by atoms with Gasteiger partial charge in [-0.05, 0) is 24.3 Å². The number of hydrogen-bond acceptors (Lipinski definition) is 4. The Morgan fingerprint density at radius 2 is 1.04 bits per heavy atom. The molecule has 0 radical (unpaired) electrons. The summed E-state index contributed by atoms with van der Waals surface area (Å²) in [5.41, 5.74) is 1.88. The zero-order chi connectivity index (χ0) is 17.1. The van der Waals surface area contributed by atoms with Gasteiger partial charge in [0.1, 0.15) is 0 Å². The summed E-state index contributed by atoms with van der Waals surface area (Å²) in [6, 6.07) is 17.9. The van der Waals surface area contributed by atoms with Crippen LogP contribution in [-0.4, -0.2) is 21.9 Å². The molecule has 0 fully saturated rings. The van der Waals surface area contributed by atoms with Crippen molar-refractivity contribution in [3.8, 4) is 0 Å². The average Bonchev–Trinajstić information content (AvgIpc) is 3.19. The van der Waals surface area contributed by atoms with Crippen LogP contribution in [0.2, 0.25) is 0 Å². The first-order valence-electron chi connectivity index (χ1n) is 7.13. The van der Waals surface area contributed by atoms with Crippen molar-refractivity contribution in [1.29, 1.82) is 0 Å². The topological polar surface area (TPSA) is 112 Å². The smallest absolute Gasteiger partial charge is 0.543 e. The summed E-state index contributed by atoms with van der Waals surface area (Å²) in [5, 5.41) is 22.6. The SMILES string of the molecule is O=C([O-])c1cc2ccccc2[nH]1.O=C([O-])c1cc2ccccc2[nH]1.[Zn+2]. The number of fused-ring (bicyclic) bond motifs is 2. The largest absolute Gasteiger partial charge is 2.00 e. The van der Waals surface area contributed by atoms with Crippen molar-refractivity contribution in [2.75, 3.05) is 0 Å². The molecule has 120 valence electrons. The number of para-hydroxylation sites is 2. The monoisotopic (exact) mass is 384 g/mol. The first-order valence-corrected chi connectivity index (χ1v) is 7.13. The Labute approximate surface area is 155 Å². The Balaban J connectivity index is 0.000000173. The van der Waals surface area contributed by atoms with Crippen molar-refractivity contribution in [1.82, 2.24) is 9.97 Å². The number of aromatic carboxylic acids is 2. The third-order valence-electron chi connectivity index (χ3n) is 3.50. The number of rotatable bonds is 2. The predicted molar refractivity (Wildman–Crippen MR) is 85.3 cm³/mol. The molecule has 0 aliphatic rings. The van der Waals surface area contributed by atoms with Gasteiger partial charge in [0.15, 0.2) is 0 Å². The molecule has 0 aliphatic carbocycles. The fourth-order valence-electron chi connectivity index (χ4n) is 2.37. The van der Waals surface area contributed by atoms with Crippen LogP contribution in [0.5, 0.6) is 0 Å². The van der Waals surface area contributed by atoms with E-state index in [0.29, 0.717) is 0 Å². The maximum Gasteiger partial charge on any atom is 2.00 e. The maximum atomic E-state index is 10.4. The van der Waals surface area contributed by atoms with Gasteiger partial charge in [-0.15, -0.1) is 0 Å². The van der Waals surface area contributed by atoms with Gasteiger partial charge in [0.25, 0.3) is 0 Å². The Morgan fingerprint density at radius 1 is 0.680 bits per heavy atom. The number of aromatic nitrogens is 2. The summed E-state index contributed by atoms with van der Waals surface area (Å²) in [5.74, 6) is -2.35. The van der Waals surface area contributed by atoms with E-state index in [1.807, 2.05) is 48.5 Å². The van der Waals surface area contributed by atoms with Gasteiger partial charge >= 0.3 is 19.5 Å². The molecule has 4 rings (SSSR count). The van der Waals surface area contributed by atoms with Gasteiger partial charge in [0, 0.05) is 21.8 Å². The van der Waals surface area contributed by atoms with Crippen molar-refractivity contribution in [3.05, 3.63) is 72.1 Å². The van der Waals surface area contributed by atoms with Crippen LogP contribution in [0.3, 0.4) is 0 Å². The van der Waals surface area contributed by atoms with E-state index < -0.39 is 11.9 Å². The minimum atomic E-state index is -1.17. The Kier molecular flexibility index (Phi) is 5.73. The summed E-state index contributed by atoms with van der Waals surface area (Å²) in [6.45, 7) is 0. The van der Waals surface area contributed by atoms with Crippen LogP contribution >= 0.6 is 0 Å². The van der Waals surface area contributed by atoms with E-state index in [1.165, 1.54) is 0 Å². The molecule has 0 unspecified atom stereocenters. The Bertz CT molecular complexity index is 886. The van der Waals surface area contributed by atoms with Gasteiger partial charge in [0.05, 0.1) is 23.3 Å². The van der Waals surface area contributed by atoms with Crippen molar-refractivity contribution in [3.63, 3.8) is 0 Å². The van der Waals surface area contributed by atoms with Crippen molar-refractivity contribution < 1.29 is 39.3 Å². The fourth-order valence-corrected chi connectivity index (χ4v) is 2.37. The van der Waals surface area contributed by atoms with E-state index in [4.69, 9.17) is 0 Å². The van der Waals surface area contributed by atoms with E-state index in [9.17, 15) is 19.8 Å². The molecule has 0 amide bonds. The van der Waals surface area contributed by atoms with Crippen molar-refractivity contribution in [2.45, 2.75) is 0 Å². The van der Waals surface area contributed by atoms with Gasteiger partial charge in [0.2, 0.25) is 0 Å². The molecule has 2 heterocycles. The quantitative estimate of drug-likeness (QED) is 0.502. The van der Waals surface area contributed by atoms with Gasteiger partial charge in [-0.3, -0.25) is 0 Å². The zero-order valence-corrected chi connectivity index (χ0v) is 16.1. The summed E-state index contributed by atoms with van der Waals surface area (Å²) in [7, 11) is 0. The summed E-state index contributed by atoms with van der Waals surface area (Å²) in [4.78, 5) is 26.3. The number of carboxylic acids is 2. The van der Waals surface area contributed by atoms with Crippen molar-refractivity contribution >= 4 is 33.7 Å². The summed E-state index contributed by atoms with van der Waals surface area (Å²) < 4.78 is 0. The minimum absolute atomic E-state index is 0. The molecule has 2 N–H and O–H groups in total. The molecular formula is C18H12N2O4Zn. The minimum Gasteiger partial charge on any atom is -0.543 e. The number of benzene rings is 2. The van der Waals surface area contributed by atoms with Crippen LogP contribution in [0, 0.1) is 0 Å². The first kappa shape index (κ1) is 18.4. The van der Waals surface area contributed by atoms with E-state index in [1.54, 1.807) is 12.1 Å². The molecule has 25 heavy (non-hydrogen) atoms. The molecule has 0 bridgehead atoms. The molecule has 0 atom stereocenters. The third kappa shape index (κ3) is 4.14. The second kappa shape index (κ2) is 7.77. The van der Waals surface area contributed by atoms with Gasteiger partial charge in [-0.2, -0.15) is 0 Å². The van der Waals surface area contributed by atoms with Crippen LogP contribution in [0.1, 0.15) is 21.0 Å². The van der Waals surface area contributed by atoms with Crippen molar-refractivity contribution in [2.24, 2.45) is 0 Å². The second-order valence-electron chi connectivity index (χ2n) is 5.12. The van der Waals surface area contributed by atoms with Crippen LogP contribution in [0.15, 0.2) is 60.7 Å². The molecule has 2 aromatic heterocycles. The molecule has 0 aliphatic heterocycles. The number of nitrogens with one attached hydrogen (secondary N) is 2. The standard InChI is InChI=1S/2C9H7NO2.Zn/c2*11-9(12)8-5-6-3-1-2-4-7(6)10-8;/h2*1-5,10H,(H,11,12);/q;;+2/p-2. The van der Waals surface area contributed by atoms with E-state index in [2.05, 4.69) is 9.97 Å². The van der Waals surface area contributed by atoms with Gasteiger partial charge < -0.3 is 29.8 Å². The van der Waals surface area contributed by atoms with Crippen LogP contribution in [-0.2, 0) is 19.5 Å². The predicted octanol–water partition coefficient (Wildman–Crippen LogP) is 1.06.